The second-order valence-corrected chi connectivity index (χ2v) is 5.41. The third kappa shape index (κ3) is 2.30. The molecule has 0 aliphatic rings. The predicted octanol–water partition coefficient (Wildman–Crippen LogP) is 4.66. The highest BCUT2D eigenvalue weighted by atomic mass is 16.3. The quantitative estimate of drug-likeness (QED) is 0.850. The normalized spacial score (nSPS) is 13.4. The fraction of sp³-hybridized carbons (Fsp3) is 0.500. The first-order chi connectivity index (χ1) is 8.54. The minimum absolute atomic E-state index is 0.0156. The summed E-state index contributed by atoms with van der Waals surface area (Å²) in [5, 5.41) is 1.23. The Balaban J connectivity index is 2.55. The molecule has 0 saturated heterocycles. The van der Waals surface area contributed by atoms with Gasteiger partial charge in [0.15, 0.2) is 0 Å². The van der Waals surface area contributed by atoms with Gasteiger partial charge >= 0.3 is 0 Å². The maximum Gasteiger partial charge on any atom is 0.137 e. The van der Waals surface area contributed by atoms with Crippen LogP contribution in [0.2, 0.25) is 0 Å². The maximum absolute atomic E-state index is 6.15. The first-order valence-corrected chi connectivity index (χ1v) is 6.83. The lowest BCUT2D eigenvalue weighted by atomic mass is 9.97. The third-order valence-corrected chi connectivity index (χ3v) is 3.52. The molecular weight excluding hydrogens is 222 g/mol. The summed E-state index contributed by atoms with van der Waals surface area (Å²) in [6, 6.07) is 6.49. The van der Waals surface area contributed by atoms with Gasteiger partial charge in [0.25, 0.3) is 0 Å². The topological polar surface area (TPSA) is 39.2 Å². The summed E-state index contributed by atoms with van der Waals surface area (Å²) in [5.41, 5.74) is 9.68. The van der Waals surface area contributed by atoms with E-state index in [1.807, 2.05) is 0 Å². The van der Waals surface area contributed by atoms with Gasteiger partial charge in [0.05, 0.1) is 6.04 Å². The van der Waals surface area contributed by atoms with Gasteiger partial charge in [-0.15, -0.1) is 0 Å². The van der Waals surface area contributed by atoms with Gasteiger partial charge in [0.2, 0.25) is 0 Å². The Labute approximate surface area is 109 Å². The molecule has 98 valence electrons. The fourth-order valence-electron chi connectivity index (χ4n) is 2.44. The van der Waals surface area contributed by atoms with Crippen LogP contribution >= 0.6 is 0 Å². The van der Waals surface area contributed by atoms with E-state index in [4.69, 9.17) is 10.2 Å². The van der Waals surface area contributed by atoms with E-state index in [1.54, 1.807) is 0 Å². The zero-order valence-corrected chi connectivity index (χ0v) is 11.8. The molecule has 1 unspecified atom stereocenters. The van der Waals surface area contributed by atoms with Crippen molar-refractivity contribution in [2.24, 2.45) is 5.73 Å². The van der Waals surface area contributed by atoms with Crippen LogP contribution in [-0.2, 0) is 0 Å². The number of hydrogen-bond acceptors (Lipinski definition) is 2. The molecule has 1 heterocycles. The van der Waals surface area contributed by atoms with Crippen LogP contribution in [0.5, 0.6) is 0 Å². The smallest absolute Gasteiger partial charge is 0.137 e. The summed E-state index contributed by atoms with van der Waals surface area (Å²) >= 11 is 0. The first-order valence-electron chi connectivity index (χ1n) is 6.83. The Bertz CT molecular complexity index is 539. The van der Waals surface area contributed by atoms with Crippen molar-refractivity contribution < 1.29 is 4.42 Å². The molecule has 2 heteroatoms. The number of aryl methyl sites for hydroxylation is 1. The molecule has 0 bridgehead atoms. The minimum Gasteiger partial charge on any atom is -0.459 e. The molecule has 1 aromatic carbocycles. The van der Waals surface area contributed by atoms with E-state index in [1.165, 1.54) is 16.5 Å². The predicted molar refractivity (Wildman–Crippen MR) is 76.9 cm³/mol. The molecule has 0 amide bonds. The Morgan fingerprint density at radius 3 is 2.61 bits per heavy atom. The standard InChI is InChI=1S/C16H23NO/c1-5-6-14(17)15-9-13-12(10(2)3)8-7-11(4)16(13)18-15/h7-10,14H,5-6,17H2,1-4H3. The number of rotatable bonds is 4. The summed E-state index contributed by atoms with van der Waals surface area (Å²) in [5.74, 6) is 1.42. The summed E-state index contributed by atoms with van der Waals surface area (Å²) in [6.45, 7) is 8.66. The van der Waals surface area contributed by atoms with Crippen LogP contribution in [0, 0.1) is 6.92 Å². The van der Waals surface area contributed by atoms with Crippen molar-refractivity contribution in [3.05, 3.63) is 35.1 Å². The van der Waals surface area contributed by atoms with Crippen LogP contribution in [-0.4, -0.2) is 0 Å². The SMILES string of the molecule is CCCC(N)c1cc2c(C(C)C)ccc(C)c2o1. The van der Waals surface area contributed by atoms with Crippen LogP contribution < -0.4 is 5.73 Å². The maximum atomic E-state index is 6.15. The Kier molecular flexibility index (Phi) is 3.76. The zero-order chi connectivity index (χ0) is 13.3. The van der Waals surface area contributed by atoms with Gasteiger partial charge in [0, 0.05) is 5.39 Å². The van der Waals surface area contributed by atoms with Crippen LogP contribution in [0.3, 0.4) is 0 Å². The molecule has 0 aliphatic carbocycles. The number of hydrogen-bond donors (Lipinski definition) is 1. The van der Waals surface area contributed by atoms with Crippen molar-refractivity contribution in [1.82, 2.24) is 0 Å². The van der Waals surface area contributed by atoms with E-state index in [0.29, 0.717) is 5.92 Å². The second-order valence-electron chi connectivity index (χ2n) is 5.41. The van der Waals surface area contributed by atoms with Crippen molar-refractivity contribution in [1.29, 1.82) is 0 Å². The highest BCUT2D eigenvalue weighted by molar-refractivity contribution is 5.85. The second kappa shape index (κ2) is 5.15. The van der Waals surface area contributed by atoms with Gasteiger partial charge in [-0.2, -0.15) is 0 Å². The molecule has 0 radical (unpaired) electrons. The summed E-state index contributed by atoms with van der Waals surface area (Å²) < 4.78 is 5.98. The molecular formula is C16H23NO. The minimum atomic E-state index is 0.0156. The fourth-order valence-corrected chi connectivity index (χ4v) is 2.44. The lowest BCUT2D eigenvalue weighted by molar-refractivity contribution is 0.474. The largest absolute Gasteiger partial charge is 0.459 e. The summed E-state index contributed by atoms with van der Waals surface area (Å²) in [7, 11) is 0. The van der Waals surface area contributed by atoms with Crippen LogP contribution in [0.4, 0.5) is 0 Å². The van der Waals surface area contributed by atoms with Gasteiger partial charge < -0.3 is 10.2 Å². The summed E-state index contributed by atoms with van der Waals surface area (Å²) in [6.07, 6.45) is 2.05. The van der Waals surface area contributed by atoms with Crippen LogP contribution in [0.1, 0.15) is 62.5 Å². The molecule has 2 nitrogen and oxygen atoms in total. The molecule has 18 heavy (non-hydrogen) atoms. The molecule has 1 atom stereocenters. The molecule has 0 spiro atoms. The number of benzene rings is 1. The molecule has 2 rings (SSSR count). The number of furan rings is 1. The third-order valence-electron chi connectivity index (χ3n) is 3.52. The van der Waals surface area contributed by atoms with Crippen molar-refractivity contribution in [2.45, 2.75) is 52.5 Å². The van der Waals surface area contributed by atoms with E-state index >= 15 is 0 Å². The van der Waals surface area contributed by atoms with Gasteiger partial charge in [-0.3, -0.25) is 0 Å². The van der Waals surface area contributed by atoms with E-state index in [9.17, 15) is 0 Å². The molecule has 0 saturated carbocycles. The average molecular weight is 245 g/mol. The highest BCUT2D eigenvalue weighted by Gasteiger charge is 2.15. The van der Waals surface area contributed by atoms with Crippen LogP contribution in [0.15, 0.2) is 22.6 Å². The lowest BCUT2D eigenvalue weighted by Gasteiger charge is -2.07. The molecule has 1 aromatic heterocycles. The Morgan fingerprint density at radius 1 is 1.28 bits per heavy atom. The van der Waals surface area contributed by atoms with E-state index < -0.39 is 0 Å². The summed E-state index contributed by atoms with van der Waals surface area (Å²) in [4.78, 5) is 0. The molecule has 2 N–H and O–H groups in total. The zero-order valence-electron chi connectivity index (χ0n) is 11.8. The molecule has 2 aromatic rings. The van der Waals surface area contributed by atoms with Crippen molar-refractivity contribution in [3.8, 4) is 0 Å². The van der Waals surface area contributed by atoms with Gasteiger partial charge in [-0.05, 0) is 36.5 Å². The van der Waals surface area contributed by atoms with Crippen molar-refractivity contribution in [3.63, 3.8) is 0 Å². The van der Waals surface area contributed by atoms with E-state index in [-0.39, 0.29) is 6.04 Å². The monoisotopic (exact) mass is 245 g/mol. The Hall–Kier alpha value is -1.28. The van der Waals surface area contributed by atoms with Gasteiger partial charge in [-0.25, -0.2) is 0 Å². The van der Waals surface area contributed by atoms with E-state index in [0.717, 1.165) is 24.2 Å². The average Bonchev–Trinajstić information content (AvgIpc) is 2.75. The van der Waals surface area contributed by atoms with Gasteiger partial charge in [-0.1, -0.05) is 39.3 Å². The van der Waals surface area contributed by atoms with Crippen molar-refractivity contribution in [2.75, 3.05) is 0 Å². The van der Waals surface area contributed by atoms with Crippen molar-refractivity contribution >= 4 is 11.0 Å². The van der Waals surface area contributed by atoms with Crippen LogP contribution in [0.25, 0.3) is 11.0 Å². The molecule has 0 aliphatic heterocycles. The lowest BCUT2D eigenvalue weighted by Crippen LogP contribution is -2.08. The molecule has 0 fully saturated rings. The van der Waals surface area contributed by atoms with Gasteiger partial charge in [0.1, 0.15) is 11.3 Å². The highest BCUT2D eigenvalue weighted by Crippen LogP contribution is 2.32. The Morgan fingerprint density at radius 2 is 2.00 bits per heavy atom. The first kappa shape index (κ1) is 13.2. The van der Waals surface area contributed by atoms with E-state index in [2.05, 4.69) is 45.9 Å². The number of fused-ring (bicyclic) bond motifs is 1. The number of nitrogens with two attached hydrogens (primary N) is 1.